The van der Waals surface area contributed by atoms with Crippen molar-refractivity contribution < 1.29 is 0 Å². The van der Waals surface area contributed by atoms with E-state index in [0.717, 1.165) is 12.1 Å². The first-order chi connectivity index (χ1) is 6.70. The van der Waals surface area contributed by atoms with Crippen LogP contribution in [0.5, 0.6) is 0 Å². The van der Waals surface area contributed by atoms with E-state index in [1.54, 1.807) is 0 Å². The van der Waals surface area contributed by atoms with Gasteiger partial charge in [-0.15, -0.1) is 0 Å². The van der Waals surface area contributed by atoms with Crippen LogP contribution in [0.25, 0.3) is 0 Å². The van der Waals surface area contributed by atoms with Crippen LogP contribution in [-0.2, 0) is 0 Å². The Kier molecular flexibility index (Phi) is 3.69. The lowest BCUT2D eigenvalue weighted by Crippen LogP contribution is -2.08. The molecule has 0 saturated heterocycles. The number of benzene rings is 1. The second-order valence-electron chi connectivity index (χ2n) is 3.38. The average Bonchev–Trinajstić information content (AvgIpc) is 2.19. The van der Waals surface area contributed by atoms with Crippen molar-refractivity contribution in [2.45, 2.75) is 27.2 Å². The second kappa shape index (κ2) is 4.80. The molecule has 0 unspecified atom stereocenters. The van der Waals surface area contributed by atoms with Gasteiger partial charge in [0, 0.05) is 12.6 Å². The van der Waals surface area contributed by atoms with Gasteiger partial charge in [0.2, 0.25) is 0 Å². The van der Waals surface area contributed by atoms with E-state index in [1.165, 1.54) is 16.7 Å². The predicted octanol–water partition coefficient (Wildman–Crippen LogP) is 2.64. The minimum atomic E-state index is 0.950. The van der Waals surface area contributed by atoms with Gasteiger partial charge in [0.25, 0.3) is 0 Å². The molecule has 2 heteroatoms. The standard InChI is InChI=1S/C12H18N2/c1-5-12(14-13-4)11-8-6-7-9(2)10(11)3/h6-8,13H,5H2,1-4H3/b14-12+. The minimum absolute atomic E-state index is 0.950. The summed E-state index contributed by atoms with van der Waals surface area (Å²) in [4.78, 5) is 0. The van der Waals surface area contributed by atoms with Gasteiger partial charge in [-0.2, -0.15) is 5.10 Å². The fraction of sp³-hybridized carbons (Fsp3) is 0.417. The van der Waals surface area contributed by atoms with E-state index in [-0.39, 0.29) is 0 Å². The van der Waals surface area contributed by atoms with Gasteiger partial charge in [-0.1, -0.05) is 25.1 Å². The topological polar surface area (TPSA) is 24.4 Å². The lowest BCUT2D eigenvalue weighted by Gasteiger charge is -2.09. The van der Waals surface area contributed by atoms with Gasteiger partial charge >= 0.3 is 0 Å². The minimum Gasteiger partial charge on any atom is -0.313 e. The van der Waals surface area contributed by atoms with E-state index >= 15 is 0 Å². The molecule has 0 atom stereocenters. The Morgan fingerprint density at radius 2 is 2.07 bits per heavy atom. The number of nitrogens with one attached hydrogen (secondary N) is 1. The van der Waals surface area contributed by atoms with Crippen LogP contribution in [0.4, 0.5) is 0 Å². The van der Waals surface area contributed by atoms with Crippen molar-refractivity contribution in [3.05, 3.63) is 34.9 Å². The summed E-state index contributed by atoms with van der Waals surface area (Å²) >= 11 is 0. The largest absolute Gasteiger partial charge is 0.313 e. The van der Waals surface area contributed by atoms with Crippen molar-refractivity contribution in [3.63, 3.8) is 0 Å². The molecule has 0 fully saturated rings. The van der Waals surface area contributed by atoms with E-state index in [2.05, 4.69) is 49.5 Å². The normalized spacial score (nSPS) is 11.6. The van der Waals surface area contributed by atoms with Gasteiger partial charge < -0.3 is 5.43 Å². The van der Waals surface area contributed by atoms with Crippen molar-refractivity contribution >= 4 is 5.71 Å². The van der Waals surface area contributed by atoms with Crippen LogP contribution in [0.15, 0.2) is 23.3 Å². The summed E-state index contributed by atoms with van der Waals surface area (Å²) in [5.74, 6) is 0. The molecular formula is C12H18N2. The molecule has 1 aromatic rings. The smallest absolute Gasteiger partial charge is 0.0675 e. The van der Waals surface area contributed by atoms with Gasteiger partial charge in [-0.05, 0) is 31.4 Å². The van der Waals surface area contributed by atoms with Crippen LogP contribution in [0, 0.1) is 13.8 Å². The third kappa shape index (κ3) is 2.13. The summed E-state index contributed by atoms with van der Waals surface area (Å²) in [6, 6.07) is 6.34. The molecule has 1 aromatic carbocycles. The van der Waals surface area contributed by atoms with Crippen LogP contribution in [0.1, 0.15) is 30.0 Å². The highest BCUT2D eigenvalue weighted by Gasteiger charge is 2.05. The van der Waals surface area contributed by atoms with Gasteiger partial charge in [0.15, 0.2) is 0 Å². The number of rotatable bonds is 3. The maximum Gasteiger partial charge on any atom is 0.0675 e. The number of aryl methyl sites for hydroxylation is 1. The highest BCUT2D eigenvalue weighted by molar-refractivity contribution is 6.01. The van der Waals surface area contributed by atoms with Crippen LogP contribution in [0.3, 0.4) is 0 Å². The fourth-order valence-corrected chi connectivity index (χ4v) is 1.53. The summed E-state index contributed by atoms with van der Waals surface area (Å²) < 4.78 is 0. The average molecular weight is 190 g/mol. The molecule has 14 heavy (non-hydrogen) atoms. The predicted molar refractivity (Wildman–Crippen MR) is 61.8 cm³/mol. The van der Waals surface area contributed by atoms with Gasteiger partial charge in [0.05, 0.1) is 5.71 Å². The first-order valence-corrected chi connectivity index (χ1v) is 5.00. The molecule has 0 bridgehead atoms. The van der Waals surface area contributed by atoms with Crippen molar-refractivity contribution in [2.24, 2.45) is 5.10 Å². The van der Waals surface area contributed by atoms with E-state index < -0.39 is 0 Å². The summed E-state index contributed by atoms with van der Waals surface area (Å²) in [7, 11) is 1.83. The molecule has 0 spiro atoms. The van der Waals surface area contributed by atoms with E-state index in [9.17, 15) is 0 Å². The van der Waals surface area contributed by atoms with Crippen LogP contribution in [-0.4, -0.2) is 12.8 Å². The molecule has 76 valence electrons. The molecule has 0 radical (unpaired) electrons. The summed E-state index contributed by atoms with van der Waals surface area (Å²) in [5.41, 5.74) is 7.86. The lowest BCUT2D eigenvalue weighted by molar-refractivity contribution is 0.892. The maximum absolute atomic E-state index is 4.28. The molecule has 2 nitrogen and oxygen atoms in total. The SMILES string of the molecule is CC/C(=N\NC)c1cccc(C)c1C. The Labute approximate surface area is 86.0 Å². The first kappa shape index (κ1) is 10.8. The van der Waals surface area contributed by atoms with Crippen LogP contribution in [0.2, 0.25) is 0 Å². The van der Waals surface area contributed by atoms with Crippen LogP contribution < -0.4 is 5.43 Å². The van der Waals surface area contributed by atoms with E-state index in [0.29, 0.717) is 0 Å². The Hall–Kier alpha value is -1.31. The molecule has 0 aromatic heterocycles. The monoisotopic (exact) mass is 190 g/mol. The Balaban J connectivity index is 3.17. The molecule has 1 N–H and O–H groups in total. The summed E-state index contributed by atoms with van der Waals surface area (Å²) in [6.07, 6.45) is 0.950. The van der Waals surface area contributed by atoms with Gasteiger partial charge in [-0.25, -0.2) is 0 Å². The zero-order valence-corrected chi connectivity index (χ0v) is 9.39. The van der Waals surface area contributed by atoms with Crippen molar-refractivity contribution in [2.75, 3.05) is 7.05 Å². The Morgan fingerprint density at radius 1 is 1.36 bits per heavy atom. The Bertz CT molecular complexity index is 340. The zero-order valence-electron chi connectivity index (χ0n) is 9.39. The van der Waals surface area contributed by atoms with Crippen molar-refractivity contribution in [1.29, 1.82) is 0 Å². The third-order valence-corrected chi connectivity index (χ3v) is 2.50. The zero-order chi connectivity index (χ0) is 10.6. The number of hydrogen-bond acceptors (Lipinski definition) is 2. The van der Waals surface area contributed by atoms with Gasteiger partial charge in [0.1, 0.15) is 0 Å². The number of hydrazone groups is 1. The lowest BCUT2D eigenvalue weighted by atomic mass is 9.98. The maximum atomic E-state index is 4.28. The third-order valence-electron chi connectivity index (χ3n) is 2.50. The fourth-order valence-electron chi connectivity index (χ4n) is 1.53. The summed E-state index contributed by atoms with van der Waals surface area (Å²) in [6.45, 7) is 6.40. The first-order valence-electron chi connectivity index (χ1n) is 5.00. The second-order valence-corrected chi connectivity index (χ2v) is 3.38. The molecule has 0 amide bonds. The van der Waals surface area contributed by atoms with Crippen LogP contribution >= 0.6 is 0 Å². The molecular weight excluding hydrogens is 172 g/mol. The van der Waals surface area contributed by atoms with Crippen molar-refractivity contribution in [3.8, 4) is 0 Å². The molecule has 0 aliphatic carbocycles. The van der Waals surface area contributed by atoms with E-state index in [4.69, 9.17) is 0 Å². The molecule has 1 rings (SSSR count). The molecule has 0 aliphatic rings. The van der Waals surface area contributed by atoms with Gasteiger partial charge in [-0.3, -0.25) is 0 Å². The van der Waals surface area contributed by atoms with Crippen molar-refractivity contribution in [1.82, 2.24) is 5.43 Å². The Morgan fingerprint density at radius 3 is 2.64 bits per heavy atom. The highest BCUT2D eigenvalue weighted by Crippen LogP contribution is 2.14. The van der Waals surface area contributed by atoms with E-state index in [1.807, 2.05) is 7.05 Å². The quantitative estimate of drug-likeness (QED) is 0.575. The molecule has 0 heterocycles. The molecule has 0 saturated carbocycles. The number of hydrogen-bond donors (Lipinski definition) is 1. The highest BCUT2D eigenvalue weighted by atomic mass is 15.3. The summed E-state index contributed by atoms with van der Waals surface area (Å²) in [5, 5.41) is 4.28. The molecule has 0 aliphatic heterocycles. The number of nitrogens with zero attached hydrogens (tertiary/aromatic N) is 1.